The molecule has 0 radical (unpaired) electrons. The first-order valence-electron chi connectivity index (χ1n) is 10.0. The van der Waals surface area contributed by atoms with Crippen LogP contribution in [0, 0.1) is 13.8 Å². The number of fused-ring (bicyclic) bond motifs is 1. The van der Waals surface area contributed by atoms with Crippen molar-refractivity contribution >= 4 is 22.6 Å². The van der Waals surface area contributed by atoms with Crippen LogP contribution in [0.5, 0.6) is 0 Å². The minimum absolute atomic E-state index is 0.0938. The maximum Gasteiger partial charge on any atom is 0.247 e. The number of hydrogen-bond acceptors (Lipinski definition) is 3. The fourth-order valence-corrected chi connectivity index (χ4v) is 3.82. The van der Waals surface area contributed by atoms with Crippen LogP contribution in [0.2, 0.25) is 0 Å². The summed E-state index contributed by atoms with van der Waals surface area (Å²) in [6.07, 6.45) is 2.23. The highest BCUT2D eigenvalue weighted by atomic mass is 16.2. The number of nitrogens with zero attached hydrogens (tertiary/aromatic N) is 2. The van der Waals surface area contributed by atoms with Gasteiger partial charge in [-0.15, -0.1) is 0 Å². The molecule has 2 heterocycles. The summed E-state index contributed by atoms with van der Waals surface area (Å²) >= 11 is 0. The lowest BCUT2D eigenvalue weighted by Crippen LogP contribution is -2.27. The van der Waals surface area contributed by atoms with Gasteiger partial charge in [-0.1, -0.05) is 37.3 Å². The van der Waals surface area contributed by atoms with Crippen molar-refractivity contribution in [3.05, 3.63) is 82.3 Å². The number of aryl methyl sites for hydroxylation is 2. The summed E-state index contributed by atoms with van der Waals surface area (Å²) in [6, 6.07) is 16.5. The third kappa shape index (κ3) is 3.52. The molecule has 0 bridgehead atoms. The Kier molecular flexibility index (Phi) is 5.23. The minimum Gasteiger partial charge on any atom is -0.328 e. The molecule has 0 spiro atoms. The van der Waals surface area contributed by atoms with Crippen molar-refractivity contribution in [2.45, 2.75) is 33.2 Å². The van der Waals surface area contributed by atoms with Gasteiger partial charge in [-0.25, -0.2) is 4.98 Å². The summed E-state index contributed by atoms with van der Waals surface area (Å²) in [4.78, 5) is 32.4. The summed E-state index contributed by atoms with van der Waals surface area (Å²) < 4.78 is 1.96. The molecular formula is C24H24N4O2. The monoisotopic (exact) mass is 400 g/mol. The van der Waals surface area contributed by atoms with Gasteiger partial charge in [-0.05, 0) is 49.6 Å². The largest absolute Gasteiger partial charge is 0.328 e. The SMILES string of the molecule is CCC(C(=O)Nc1c(C)cccc1C)n1c(-c2ccc(=O)[nH]c2)nc2ccccc21. The molecule has 4 aromatic rings. The van der Waals surface area contributed by atoms with Crippen LogP contribution < -0.4 is 10.9 Å². The highest BCUT2D eigenvalue weighted by Crippen LogP contribution is 2.30. The standard InChI is InChI=1S/C24H24N4O2/c1-4-19(24(30)27-22-15(2)8-7-9-16(22)3)28-20-11-6-5-10-18(20)26-23(28)17-12-13-21(29)25-14-17/h5-14,19H,4H2,1-3H3,(H,25,29)(H,27,30). The number of H-pyrrole nitrogens is 1. The molecule has 4 rings (SSSR count). The van der Waals surface area contributed by atoms with Gasteiger partial charge in [-0.2, -0.15) is 0 Å². The maximum atomic E-state index is 13.4. The van der Waals surface area contributed by atoms with Crippen LogP contribution in [0.25, 0.3) is 22.4 Å². The number of nitrogens with one attached hydrogen (secondary N) is 2. The fourth-order valence-electron chi connectivity index (χ4n) is 3.82. The lowest BCUT2D eigenvalue weighted by Gasteiger charge is -2.21. The minimum atomic E-state index is -0.460. The number of para-hydroxylation sites is 3. The molecule has 0 aliphatic heterocycles. The van der Waals surface area contributed by atoms with Crippen molar-refractivity contribution in [1.82, 2.24) is 14.5 Å². The molecular weight excluding hydrogens is 376 g/mol. The zero-order valence-electron chi connectivity index (χ0n) is 17.3. The molecule has 0 saturated heterocycles. The molecule has 2 N–H and O–H groups in total. The van der Waals surface area contributed by atoms with Gasteiger partial charge >= 0.3 is 0 Å². The van der Waals surface area contributed by atoms with Crippen LogP contribution in [-0.2, 0) is 4.79 Å². The van der Waals surface area contributed by atoms with Crippen LogP contribution in [0.3, 0.4) is 0 Å². The molecule has 1 unspecified atom stereocenters. The first-order valence-corrected chi connectivity index (χ1v) is 10.0. The normalized spacial score (nSPS) is 12.1. The van der Waals surface area contributed by atoms with Gasteiger partial charge in [0.2, 0.25) is 11.5 Å². The summed E-state index contributed by atoms with van der Waals surface area (Å²) in [7, 11) is 0. The maximum absolute atomic E-state index is 13.4. The van der Waals surface area contributed by atoms with Gasteiger partial charge in [0.25, 0.3) is 0 Å². The van der Waals surface area contributed by atoms with Crippen molar-refractivity contribution in [2.24, 2.45) is 0 Å². The molecule has 6 nitrogen and oxygen atoms in total. The second-order valence-electron chi connectivity index (χ2n) is 7.42. The Hall–Kier alpha value is -3.67. The molecule has 152 valence electrons. The number of aromatic amines is 1. The van der Waals surface area contributed by atoms with Gasteiger partial charge in [0, 0.05) is 23.5 Å². The zero-order chi connectivity index (χ0) is 21.3. The number of carbonyl (C=O) groups is 1. The van der Waals surface area contributed by atoms with E-state index in [1.165, 1.54) is 6.07 Å². The van der Waals surface area contributed by atoms with Gasteiger partial charge in [-0.3, -0.25) is 9.59 Å². The molecule has 30 heavy (non-hydrogen) atoms. The van der Waals surface area contributed by atoms with Crippen LogP contribution in [0.4, 0.5) is 5.69 Å². The average Bonchev–Trinajstić information content (AvgIpc) is 3.11. The Labute approximate surface area is 174 Å². The molecule has 1 atom stereocenters. The molecule has 0 aliphatic rings. The van der Waals surface area contributed by atoms with E-state index >= 15 is 0 Å². The summed E-state index contributed by atoms with van der Waals surface area (Å²) in [5.41, 5.74) is 5.14. The first kappa shape index (κ1) is 19.6. The third-order valence-corrected chi connectivity index (χ3v) is 5.37. The number of imidazole rings is 1. The average molecular weight is 400 g/mol. The van der Waals surface area contributed by atoms with E-state index in [1.807, 2.05) is 67.8 Å². The Bertz CT molecular complexity index is 1250. The van der Waals surface area contributed by atoms with Crippen LogP contribution in [0.15, 0.2) is 65.6 Å². The van der Waals surface area contributed by atoms with Crippen LogP contribution in [-0.4, -0.2) is 20.4 Å². The molecule has 2 aromatic heterocycles. The number of anilines is 1. The Morgan fingerprint density at radius 2 is 1.80 bits per heavy atom. The predicted octanol–water partition coefficient (Wildman–Crippen LogP) is 4.60. The number of carbonyl (C=O) groups excluding carboxylic acids is 1. The number of aromatic nitrogens is 3. The fraction of sp³-hybridized carbons (Fsp3) is 0.208. The van der Waals surface area contributed by atoms with E-state index in [2.05, 4.69) is 10.3 Å². The van der Waals surface area contributed by atoms with Crippen LogP contribution in [0.1, 0.15) is 30.5 Å². The van der Waals surface area contributed by atoms with Crippen molar-refractivity contribution < 1.29 is 4.79 Å². The van der Waals surface area contributed by atoms with Gasteiger partial charge < -0.3 is 14.9 Å². The Morgan fingerprint density at radius 3 is 2.47 bits per heavy atom. The third-order valence-electron chi connectivity index (χ3n) is 5.37. The lowest BCUT2D eigenvalue weighted by atomic mass is 10.1. The molecule has 6 heteroatoms. The van der Waals surface area contributed by atoms with Crippen molar-refractivity contribution in [3.8, 4) is 11.4 Å². The molecule has 2 aromatic carbocycles. The molecule has 0 saturated carbocycles. The van der Waals surface area contributed by atoms with Crippen molar-refractivity contribution in [3.63, 3.8) is 0 Å². The molecule has 0 fully saturated rings. The van der Waals surface area contributed by atoms with E-state index in [0.29, 0.717) is 12.2 Å². The quantitative estimate of drug-likeness (QED) is 0.514. The Balaban J connectivity index is 1.83. The van der Waals surface area contributed by atoms with E-state index in [1.54, 1.807) is 12.3 Å². The van der Waals surface area contributed by atoms with Crippen LogP contribution >= 0.6 is 0 Å². The summed E-state index contributed by atoms with van der Waals surface area (Å²) in [5.74, 6) is 0.555. The summed E-state index contributed by atoms with van der Waals surface area (Å²) in [5, 5.41) is 3.12. The smallest absolute Gasteiger partial charge is 0.247 e. The topological polar surface area (TPSA) is 79.8 Å². The van der Waals surface area contributed by atoms with Crippen molar-refractivity contribution in [1.29, 1.82) is 0 Å². The lowest BCUT2D eigenvalue weighted by molar-refractivity contribution is -0.119. The summed E-state index contributed by atoms with van der Waals surface area (Å²) in [6.45, 7) is 5.96. The van der Waals surface area contributed by atoms with E-state index < -0.39 is 6.04 Å². The van der Waals surface area contributed by atoms with Gasteiger partial charge in [0.15, 0.2) is 0 Å². The second kappa shape index (κ2) is 7.99. The highest BCUT2D eigenvalue weighted by Gasteiger charge is 2.25. The zero-order valence-corrected chi connectivity index (χ0v) is 17.3. The van der Waals surface area contributed by atoms with E-state index in [-0.39, 0.29) is 11.5 Å². The Morgan fingerprint density at radius 1 is 1.07 bits per heavy atom. The second-order valence-corrected chi connectivity index (χ2v) is 7.42. The van der Waals surface area contributed by atoms with Gasteiger partial charge in [0.1, 0.15) is 11.9 Å². The highest BCUT2D eigenvalue weighted by molar-refractivity contribution is 5.97. The molecule has 0 aliphatic carbocycles. The van der Waals surface area contributed by atoms with Gasteiger partial charge in [0.05, 0.1) is 11.0 Å². The van der Waals surface area contributed by atoms with E-state index in [4.69, 9.17) is 4.98 Å². The van der Waals surface area contributed by atoms with Crippen molar-refractivity contribution in [2.75, 3.05) is 5.32 Å². The number of benzene rings is 2. The number of amides is 1. The first-order chi connectivity index (χ1) is 14.5. The number of hydrogen-bond donors (Lipinski definition) is 2. The van der Waals surface area contributed by atoms with E-state index in [9.17, 15) is 9.59 Å². The van der Waals surface area contributed by atoms with E-state index in [0.717, 1.165) is 33.4 Å². The number of rotatable bonds is 5. The molecule has 1 amide bonds. The number of pyridine rings is 1. The predicted molar refractivity (Wildman–Crippen MR) is 120 cm³/mol.